The molecule has 14 aromatic carbocycles. The van der Waals surface area contributed by atoms with Crippen LogP contribution in [0.2, 0.25) is 0 Å². The number of carbonyl (C=O) groups excluding carboxylic acids is 4. The first-order valence-corrected chi connectivity index (χ1v) is 55.2. The van der Waals surface area contributed by atoms with Crippen LogP contribution in [-0.2, 0) is 107 Å². The number of methoxy groups -OCH3 is 3. The Balaban J connectivity index is 0.000000178. The van der Waals surface area contributed by atoms with Crippen molar-refractivity contribution in [3.8, 4) is 34.5 Å². The van der Waals surface area contributed by atoms with Gasteiger partial charge in [-0.3, -0.25) is 4.79 Å². The van der Waals surface area contributed by atoms with Crippen LogP contribution in [0.3, 0.4) is 0 Å². The molecule has 1 aliphatic rings. The average molecular weight is 2050 g/mol. The SMILES string of the molecule is CCC(C)c1ccc(OC(=O)c2ccccc2S(=O)(=O)[O-])cc1.CCC(C)c1ccc(OCC(=O)Oc2ccc(S(=O)(=O)[O-])cc2OC)cc1.CCC(C)c1ccc(OCC(=O)Oc2ccc3cc(S(=O)(=O)[O-])ccc3c2)cc1.CCOCc1ccc([S+](c2ccc(COC)cc2)c2ccc(COC)cc2)cc1.Cc1ccc([S+](c2ccccc2)c2ccc(C)cc2)cc1.O=C(C[S+]1CCCC1)c1ccccc1. The van der Waals surface area contributed by atoms with Crippen molar-refractivity contribution >= 4 is 97.5 Å². The number of hydrogen-bond acceptors (Lipinski definition) is 22. The van der Waals surface area contributed by atoms with Crippen molar-refractivity contribution < 1.29 is 101 Å². The Morgan fingerprint density at radius 1 is 0.371 bits per heavy atom. The average Bonchev–Trinajstić information content (AvgIpc) is 1.08. The molecular formula is C115H122O22S6. The number of esters is 3. The van der Waals surface area contributed by atoms with E-state index < -0.39 is 58.1 Å². The second-order valence-corrected chi connectivity index (χ2v) is 44.0. The molecule has 750 valence electrons. The molecule has 1 saturated heterocycles. The first-order valence-electron chi connectivity index (χ1n) is 46.8. The first kappa shape index (κ1) is 112. The van der Waals surface area contributed by atoms with Gasteiger partial charge in [-0.2, -0.15) is 0 Å². The van der Waals surface area contributed by atoms with E-state index in [1.54, 1.807) is 50.6 Å². The Hall–Kier alpha value is -12.5. The van der Waals surface area contributed by atoms with Gasteiger partial charge in [-0.05, 0) is 283 Å². The van der Waals surface area contributed by atoms with Crippen molar-refractivity contribution in [3.05, 3.63) is 389 Å². The topological polar surface area (TPSA) is 323 Å². The van der Waals surface area contributed by atoms with Crippen LogP contribution in [0, 0.1) is 13.8 Å². The quantitative estimate of drug-likeness (QED) is 0.0116. The molecule has 14 aromatic rings. The van der Waals surface area contributed by atoms with Crippen molar-refractivity contribution in [2.75, 3.05) is 58.4 Å². The normalized spacial score (nSPS) is 12.4. The van der Waals surface area contributed by atoms with Crippen LogP contribution in [0.5, 0.6) is 34.5 Å². The molecule has 22 nitrogen and oxygen atoms in total. The van der Waals surface area contributed by atoms with E-state index in [0.29, 0.717) is 88.0 Å². The number of hydrogen-bond donors (Lipinski definition) is 0. The zero-order valence-electron chi connectivity index (χ0n) is 82.3. The molecule has 3 unspecified atom stereocenters. The molecule has 3 atom stereocenters. The predicted octanol–water partition coefficient (Wildman–Crippen LogP) is 24.0. The highest BCUT2D eigenvalue weighted by Gasteiger charge is 2.32. The molecule has 143 heavy (non-hydrogen) atoms. The van der Waals surface area contributed by atoms with Crippen molar-refractivity contribution in [2.24, 2.45) is 0 Å². The van der Waals surface area contributed by atoms with E-state index in [-0.39, 0.29) is 57.0 Å². The third-order valence-electron chi connectivity index (χ3n) is 23.0. The molecule has 0 bridgehead atoms. The summed E-state index contributed by atoms with van der Waals surface area (Å²) in [5, 5.41) is 1.20. The molecule has 1 heterocycles. The second kappa shape index (κ2) is 56.5. The van der Waals surface area contributed by atoms with Gasteiger partial charge in [-0.1, -0.05) is 223 Å². The zero-order chi connectivity index (χ0) is 103. The van der Waals surface area contributed by atoms with Gasteiger partial charge >= 0.3 is 17.9 Å². The Morgan fingerprint density at radius 3 is 1.17 bits per heavy atom. The third-order valence-corrected chi connectivity index (χ3v) is 32.5. The highest BCUT2D eigenvalue weighted by molar-refractivity contribution is 7.98. The minimum atomic E-state index is -4.74. The molecule has 28 heteroatoms. The lowest BCUT2D eigenvalue weighted by molar-refractivity contribution is -0.137. The molecule has 0 N–H and O–H groups in total. The fourth-order valence-corrected chi connectivity index (χ4v) is 22.5. The Labute approximate surface area is 850 Å². The fourth-order valence-electron chi connectivity index (χ4n) is 14.5. The molecule has 0 radical (unpaired) electrons. The number of carbonyl (C=O) groups is 4. The summed E-state index contributed by atoms with van der Waals surface area (Å²) in [5.41, 5.74) is 10.3. The monoisotopic (exact) mass is 2050 g/mol. The number of ketones is 1. The van der Waals surface area contributed by atoms with E-state index in [4.69, 9.17) is 42.6 Å². The van der Waals surface area contributed by atoms with Crippen LogP contribution in [0.4, 0.5) is 0 Å². The maximum Gasteiger partial charge on any atom is 0.349 e. The van der Waals surface area contributed by atoms with Gasteiger partial charge in [0.1, 0.15) is 64.9 Å². The number of Topliss-reactive ketones (excluding diaryl/α,β-unsaturated/α-hetero) is 1. The van der Waals surface area contributed by atoms with Gasteiger partial charge in [0.25, 0.3) is 0 Å². The van der Waals surface area contributed by atoms with E-state index in [1.807, 2.05) is 85.8 Å². The highest BCUT2D eigenvalue weighted by atomic mass is 32.2. The van der Waals surface area contributed by atoms with E-state index in [0.717, 1.165) is 60.9 Å². The van der Waals surface area contributed by atoms with Gasteiger partial charge in [0.05, 0.1) is 69.0 Å². The maximum absolute atomic E-state index is 12.1. The lowest BCUT2D eigenvalue weighted by atomic mass is 9.99. The van der Waals surface area contributed by atoms with Crippen molar-refractivity contribution in [3.63, 3.8) is 0 Å². The Bertz CT molecular complexity index is 6640. The number of fused-ring (bicyclic) bond motifs is 1. The number of rotatable bonds is 36. The molecule has 0 spiro atoms. The van der Waals surface area contributed by atoms with Gasteiger partial charge in [-0.25, -0.2) is 39.6 Å². The third kappa shape index (κ3) is 35.8. The van der Waals surface area contributed by atoms with Gasteiger partial charge in [0.15, 0.2) is 59.8 Å². The summed E-state index contributed by atoms with van der Waals surface area (Å²) in [6.45, 7) is 21.0. The number of benzene rings is 14. The Morgan fingerprint density at radius 2 is 0.748 bits per heavy atom. The molecule has 0 aliphatic carbocycles. The van der Waals surface area contributed by atoms with E-state index >= 15 is 0 Å². The zero-order valence-corrected chi connectivity index (χ0v) is 87.2. The van der Waals surface area contributed by atoms with Crippen LogP contribution >= 0.6 is 0 Å². The van der Waals surface area contributed by atoms with Crippen LogP contribution < -0.4 is 28.4 Å². The van der Waals surface area contributed by atoms with Gasteiger partial charge < -0.3 is 56.3 Å². The second-order valence-electron chi connectivity index (χ2n) is 33.5. The minimum Gasteiger partial charge on any atom is -0.744 e. The largest absolute Gasteiger partial charge is 0.744 e. The van der Waals surface area contributed by atoms with Crippen molar-refractivity contribution in [1.82, 2.24) is 0 Å². The molecular weight excluding hydrogens is 1930 g/mol. The van der Waals surface area contributed by atoms with Crippen LogP contribution in [-0.4, -0.2) is 121 Å². The molecule has 0 amide bonds. The minimum absolute atomic E-state index is 0.00869. The predicted molar refractivity (Wildman–Crippen MR) is 561 cm³/mol. The number of ether oxygens (including phenoxy) is 9. The van der Waals surface area contributed by atoms with Gasteiger partial charge in [-0.15, -0.1) is 0 Å². The summed E-state index contributed by atoms with van der Waals surface area (Å²) in [7, 11) is -8.99. The van der Waals surface area contributed by atoms with Crippen molar-refractivity contribution in [1.29, 1.82) is 0 Å². The van der Waals surface area contributed by atoms with Gasteiger partial charge in [0, 0.05) is 32.5 Å². The lowest BCUT2D eigenvalue weighted by Crippen LogP contribution is -2.18. The lowest BCUT2D eigenvalue weighted by Gasteiger charge is -2.13. The smallest absolute Gasteiger partial charge is 0.349 e. The van der Waals surface area contributed by atoms with Crippen LogP contribution in [0.1, 0.15) is 164 Å². The summed E-state index contributed by atoms with van der Waals surface area (Å²) in [6, 6.07) is 104. The van der Waals surface area contributed by atoms with Crippen molar-refractivity contribution in [2.45, 2.75) is 176 Å². The van der Waals surface area contributed by atoms with Crippen LogP contribution in [0.15, 0.2) is 378 Å². The first-order chi connectivity index (χ1) is 68.7. The molecule has 1 fully saturated rings. The molecule has 1 aliphatic heterocycles. The molecule has 15 rings (SSSR count). The van der Waals surface area contributed by atoms with Gasteiger partial charge in [0.2, 0.25) is 5.78 Å². The van der Waals surface area contributed by atoms with E-state index in [1.165, 1.54) is 148 Å². The maximum atomic E-state index is 12.1. The fraction of sp³-hybridized carbons (Fsp3) is 0.252. The summed E-state index contributed by atoms with van der Waals surface area (Å²) >= 11 is 0. The summed E-state index contributed by atoms with van der Waals surface area (Å²) in [6.07, 6.45) is 5.72. The van der Waals surface area contributed by atoms with E-state index in [9.17, 15) is 58.1 Å². The summed E-state index contributed by atoms with van der Waals surface area (Å²) in [5.74, 6) is 4.48. The van der Waals surface area contributed by atoms with Crippen LogP contribution in [0.25, 0.3) is 10.8 Å². The highest BCUT2D eigenvalue weighted by Crippen LogP contribution is 2.37. The number of aryl methyl sites for hydroxylation is 2. The standard InChI is InChI=1S/C25H29O3S.C22H22O6S.C20H19S.C19H22O7S.C17H18O5S.C12H15OS/c1-4-28-19-22-9-15-25(16-10-22)29(23-11-5-20(6-12-23)17-26-2)24-13-7-21(8-14-24)18-27-3;1-3-15(2)16-4-8-19(9-5-16)27-14-22(23)28-20-10-6-18-13-21(29(24,25)26)11-7-17(18)12-20;1-16-8-12-19(13-9-16)21(18-6-4-3-5-7-18)20-14-10-17(2)11-15-20;1-4-13(2)14-5-7-15(8-6-14)25-12-19(20)26-17-10-9-16(27(21,22)23)11-18(17)24-3;1-3-12(2)13-8-10-14(11-9-13)22-17(18)15-6-4-5-7-16(15)23(19,20)21;13-12(10-14-8-4-5-9-14)11-6-2-1-3-7-11/h5-16H,4,17-19H2,1-3H3;4-13,15H,3,14H2,1-2H3,(H,24,25,26);3-15H,1-2H3;5-11,13H,4,12H2,1-3H3,(H,21,22,23);4-12H,3H2,1-2H3,(H,19,20,21);1-3,6-7H,4-5,8-10H2/q+1;;+1;;;+1/p-3. The summed E-state index contributed by atoms with van der Waals surface area (Å²) in [4.78, 5) is 54.6. The molecule has 0 aromatic heterocycles. The molecule has 0 saturated carbocycles. The Kier molecular flexibility index (Phi) is 44.4. The summed E-state index contributed by atoms with van der Waals surface area (Å²) < 4.78 is 147. The van der Waals surface area contributed by atoms with E-state index in [2.05, 4.69) is 207 Å².